The molecule has 2 saturated carbocycles. The second-order valence-corrected chi connectivity index (χ2v) is 7.02. The maximum atomic E-state index is 11.6. The number of rotatable bonds is 3. The highest BCUT2D eigenvalue weighted by Gasteiger charge is 2.42. The van der Waals surface area contributed by atoms with Crippen LogP contribution in [0.3, 0.4) is 0 Å². The van der Waals surface area contributed by atoms with Crippen molar-refractivity contribution >= 4 is 11.6 Å². The molecule has 5 heteroatoms. The summed E-state index contributed by atoms with van der Waals surface area (Å²) in [7, 11) is 0. The number of hydrogen-bond donors (Lipinski definition) is 1. The van der Waals surface area contributed by atoms with Crippen LogP contribution in [0.15, 0.2) is 18.5 Å². The molecule has 0 radical (unpaired) electrons. The van der Waals surface area contributed by atoms with Crippen LogP contribution in [0, 0.1) is 11.8 Å². The second-order valence-electron chi connectivity index (χ2n) is 7.02. The van der Waals surface area contributed by atoms with E-state index in [1.165, 1.54) is 25.7 Å². The lowest BCUT2D eigenvalue weighted by Crippen LogP contribution is -2.52. The minimum Gasteiger partial charge on any atom is -0.367 e. The Morgan fingerprint density at radius 3 is 2.64 bits per heavy atom. The first-order valence-corrected chi connectivity index (χ1v) is 8.45. The summed E-state index contributed by atoms with van der Waals surface area (Å²) < 4.78 is 0. The molecule has 3 atom stereocenters. The minimum absolute atomic E-state index is 0.368. The molecule has 3 fully saturated rings. The Kier molecular flexibility index (Phi) is 3.53. The van der Waals surface area contributed by atoms with E-state index in [0.29, 0.717) is 5.56 Å². The monoisotopic (exact) mass is 300 g/mol. The molecule has 0 spiro atoms. The highest BCUT2D eigenvalue weighted by molar-refractivity contribution is 5.98. The quantitative estimate of drug-likeness (QED) is 0.919. The number of anilines is 1. The highest BCUT2D eigenvalue weighted by Crippen LogP contribution is 2.46. The zero-order chi connectivity index (χ0) is 15.1. The smallest absolute Gasteiger partial charge is 0.250 e. The number of nitrogens with zero attached hydrogens (tertiary/aromatic N) is 3. The Balaban J connectivity index is 1.43. The zero-order valence-corrected chi connectivity index (χ0v) is 12.9. The van der Waals surface area contributed by atoms with Crippen LogP contribution in [0.25, 0.3) is 0 Å². The number of piperazine rings is 1. The Hall–Kier alpha value is -1.62. The van der Waals surface area contributed by atoms with Gasteiger partial charge in [-0.25, -0.2) is 0 Å². The average Bonchev–Trinajstić information content (AvgIpc) is 3.18. The molecule has 1 aromatic rings. The van der Waals surface area contributed by atoms with Gasteiger partial charge in [0.15, 0.2) is 0 Å². The van der Waals surface area contributed by atoms with Crippen LogP contribution in [0.2, 0.25) is 0 Å². The van der Waals surface area contributed by atoms with E-state index in [0.717, 1.165) is 49.7 Å². The summed E-state index contributed by atoms with van der Waals surface area (Å²) in [4.78, 5) is 20.7. The van der Waals surface area contributed by atoms with Crippen LogP contribution in [-0.4, -0.2) is 48.0 Å². The molecule has 1 aliphatic heterocycles. The molecule has 2 heterocycles. The highest BCUT2D eigenvalue weighted by atomic mass is 16.1. The van der Waals surface area contributed by atoms with Crippen molar-refractivity contribution in [2.24, 2.45) is 17.6 Å². The van der Waals surface area contributed by atoms with Gasteiger partial charge in [0.2, 0.25) is 0 Å². The van der Waals surface area contributed by atoms with E-state index < -0.39 is 0 Å². The van der Waals surface area contributed by atoms with Gasteiger partial charge in [0.05, 0.1) is 17.4 Å². The normalized spacial score (nSPS) is 31.6. The number of carbonyl (C=O) groups is 1. The summed E-state index contributed by atoms with van der Waals surface area (Å²) in [6, 6.07) is 2.53. The Morgan fingerprint density at radius 2 is 2.00 bits per heavy atom. The van der Waals surface area contributed by atoms with Crippen molar-refractivity contribution in [3.05, 3.63) is 24.0 Å². The molecule has 2 aliphatic carbocycles. The van der Waals surface area contributed by atoms with E-state index in [-0.39, 0.29) is 5.91 Å². The fraction of sp³-hybridized carbons (Fsp3) is 0.647. The fourth-order valence-corrected chi connectivity index (χ4v) is 4.80. The van der Waals surface area contributed by atoms with Crippen molar-refractivity contribution in [2.45, 2.75) is 31.7 Å². The summed E-state index contributed by atoms with van der Waals surface area (Å²) in [5, 5.41) is 0. The molecule has 3 aliphatic rings. The molecule has 2 bridgehead atoms. The van der Waals surface area contributed by atoms with Gasteiger partial charge < -0.3 is 10.6 Å². The lowest BCUT2D eigenvalue weighted by Gasteiger charge is -2.42. The summed E-state index contributed by atoms with van der Waals surface area (Å²) in [6.07, 6.45) is 9.16. The number of nitrogens with two attached hydrogens (primary N) is 1. The van der Waals surface area contributed by atoms with Crippen LogP contribution in [0.4, 0.5) is 5.69 Å². The zero-order valence-electron chi connectivity index (χ0n) is 12.9. The van der Waals surface area contributed by atoms with Crippen molar-refractivity contribution in [1.82, 2.24) is 9.88 Å². The SMILES string of the molecule is NC(=O)c1ccncc1N1CCN([C@@H]2C[C@H]3CC[C@H]2C3)CC1. The number of carbonyl (C=O) groups excluding carboxylic acids is 1. The molecule has 1 aromatic heterocycles. The minimum atomic E-state index is -0.368. The molecule has 2 N–H and O–H groups in total. The van der Waals surface area contributed by atoms with Gasteiger partial charge in [-0.15, -0.1) is 0 Å². The van der Waals surface area contributed by atoms with Gasteiger partial charge in [-0.1, -0.05) is 6.42 Å². The molecule has 1 amide bonds. The van der Waals surface area contributed by atoms with E-state index >= 15 is 0 Å². The number of primary amides is 1. The van der Waals surface area contributed by atoms with E-state index in [2.05, 4.69) is 14.8 Å². The van der Waals surface area contributed by atoms with E-state index in [9.17, 15) is 4.79 Å². The summed E-state index contributed by atoms with van der Waals surface area (Å²) in [5.41, 5.74) is 6.96. The molecule has 1 saturated heterocycles. The van der Waals surface area contributed by atoms with Gasteiger partial charge >= 0.3 is 0 Å². The maximum Gasteiger partial charge on any atom is 0.250 e. The molecule has 0 unspecified atom stereocenters. The van der Waals surface area contributed by atoms with Crippen molar-refractivity contribution in [2.75, 3.05) is 31.1 Å². The van der Waals surface area contributed by atoms with Crippen LogP contribution < -0.4 is 10.6 Å². The first-order chi connectivity index (χ1) is 10.7. The number of pyridine rings is 1. The second kappa shape index (κ2) is 5.54. The van der Waals surface area contributed by atoms with Crippen molar-refractivity contribution in [3.63, 3.8) is 0 Å². The van der Waals surface area contributed by atoms with Gasteiger partial charge in [-0.2, -0.15) is 0 Å². The van der Waals surface area contributed by atoms with Gasteiger partial charge in [0, 0.05) is 38.4 Å². The number of fused-ring (bicyclic) bond motifs is 2. The number of aromatic nitrogens is 1. The number of amides is 1. The Morgan fingerprint density at radius 1 is 1.18 bits per heavy atom. The van der Waals surface area contributed by atoms with Gasteiger partial charge in [0.1, 0.15) is 0 Å². The fourth-order valence-electron chi connectivity index (χ4n) is 4.80. The Labute approximate surface area is 131 Å². The third-order valence-electron chi connectivity index (χ3n) is 5.89. The van der Waals surface area contributed by atoms with Crippen molar-refractivity contribution in [3.8, 4) is 0 Å². The van der Waals surface area contributed by atoms with Crippen LogP contribution in [0.1, 0.15) is 36.0 Å². The first kappa shape index (κ1) is 14.0. The third-order valence-corrected chi connectivity index (χ3v) is 5.89. The van der Waals surface area contributed by atoms with Crippen molar-refractivity contribution < 1.29 is 4.79 Å². The standard InChI is InChI=1S/C17H24N4O/c18-17(22)14-3-4-19-11-16(14)21-7-5-20(6-8-21)15-10-12-1-2-13(15)9-12/h3-4,11-13,15H,1-2,5-10H2,(H2,18,22)/t12-,13-,15+/m0/s1. The largest absolute Gasteiger partial charge is 0.367 e. The van der Waals surface area contributed by atoms with Crippen molar-refractivity contribution in [1.29, 1.82) is 0 Å². The average molecular weight is 300 g/mol. The molecule has 4 rings (SSSR count). The predicted molar refractivity (Wildman–Crippen MR) is 85.8 cm³/mol. The van der Waals surface area contributed by atoms with E-state index in [1.54, 1.807) is 18.5 Å². The lowest BCUT2D eigenvalue weighted by atomic mass is 9.93. The first-order valence-electron chi connectivity index (χ1n) is 8.45. The molecule has 118 valence electrons. The summed E-state index contributed by atoms with van der Waals surface area (Å²) in [6.45, 7) is 4.09. The molecular formula is C17H24N4O. The summed E-state index contributed by atoms with van der Waals surface area (Å²) >= 11 is 0. The van der Waals surface area contributed by atoms with E-state index in [1.807, 2.05) is 0 Å². The Bertz CT molecular complexity index is 568. The topological polar surface area (TPSA) is 62.5 Å². The molecule has 0 aromatic carbocycles. The van der Waals surface area contributed by atoms with E-state index in [4.69, 9.17) is 5.73 Å². The summed E-state index contributed by atoms with van der Waals surface area (Å²) in [5.74, 6) is 1.57. The lowest BCUT2D eigenvalue weighted by molar-refractivity contribution is 0.1000. The van der Waals surface area contributed by atoms with Gasteiger partial charge in [0.25, 0.3) is 5.91 Å². The van der Waals surface area contributed by atoms with Gasteiger partial charge in [-0.3, -0.25) is 14.7 Å². The molecular weight excluding hydrogens is 276 g/mol. The molecule has 5 nitrogen and oxygen atoms in total. The third kappa shape index (κ3) is 2.37. The van der Waals surface area contributed by atoms with Crippen LogP contribution in [-0.2, 0) is 0 Å². The van der Waals surface area contributed by atoms with Gasteiger partial charge in [-0.05, 0) is 37.2 Å². The van der Waals surface area contributed by atoms with Crippen LogP contribution in [0.5, 0.6) is 0 Å². The predicted octanol–water partition coefficient (Wildman–Crippen LogP) is 1.49. The number of hydrogen-bond acceptors (Lipinski definition) is 4. The van der Waals surface area contributed by atoms with Crippen LogP contribution >= 0.6 is 0 Å². The molecule has 22 heavy (non-hydrogen) atoms. The maximum absolute atomic E-state index is 11.6.